The average molecular weight is 221 g/mol. The molecule has 0 saturated heterocycles. The minimum Gasteiger partial charge on any atom is -0.367 e. The van der Waals surface area contributed by atoms with Crippen LogP contribution in [0, 0.1) is 5.92 Å². The third kappa shape index (κ3) is 2.61. The van der Waals surface area contributed by atoms with Crippen molar-refractivity contribution >= 4 is 11.8 Å². The summed E-state index contributed by atoms with van der Waals surface area (Å²) < 4.78 is 0. The van der Waals surface area contributed by atoms with Crippen LogP contribution < -0.4 is 16.6 Å². The zero-order chi connectivity index (χ0) is 11.4. The molecule has 1 aromatic heterocycles. The lowest BCUT2D eigenvalue weighted by molar-refractivity contribution is 0.481. The molecule has 1 unspecified atom stereocenters. The van der Waals surface area contributed by atoms with Crippen LogP contribution in [0.5, 0.6) is 0 Å². The van der Waals surface area contributed by atoms with E-state index in [1.54, 1.807) is 6.20 Å². The number of nitrogens with two attached hydrogens (primary N) is 1. The lowest BCUT2D eigenvalue weighted by atomic mass is 10.00. The maximum Gasteiger partial charge on any atom is 0.239 e. The Morgan fingerprint density at radius 1 is 1.44 bits per heavy atom. The van der Waals surface area contributed by atoms with Crippen molar-refractivity contribution in [3.63, 3.8) is 0 Å². The summed E-state index contributed by atoms with van der Waals surface area (Å²) in [6, 6.07) is 2.33. The van der Waals surface area contributed by atoms with E-state index in [0.717, 1.165) is 11.7 Å². The molecule has 1 heterocycles. The molecular formula is C11H19N5. The number of hydrazine groups is 1. The number of anilines is 2. The molecule has 5 nitrogen and oxygen atoms in total. The minimum absolute atomic E-state index is 0.448. The highest BCUT2D eigenvalue weighted by Gasteiger charge is 2.21. The zero-order valence-electron chi connectivity index (χ0n) is 9.61. The van der Waals surface area contributed by atoms with Crippen molar-refractivity contribution < 1.29 is 0 Å². The van der Waals surface area contributed by atoms with Crippen molar-refractivity contribution in [1.29, 1.82) is 0 Å². The molecule has 16 heavy (non-hydrogen) atoms. The van der Waals surface area contributed by atoms with Gasteiger partial charge in [0.25, 0.3) is 0 Å². The Hall–Kier alpha value is -1.36. The second-order valence-corrected chi connectivity index (χ2v) is 4.39. The van der Waals surface area contributed by atoms with E-state index in [-0.39, 0.29) is 0 Å². The highest BCUT2D eigenvalue weighted by Crippen LogP contribution is 2.28. The van der Waals surface area contributed by atoms with Crippen LogP contribution in [0.15, 0.2) is 12.3 Å². The normalized spacial score (nSPS) is 18.4. The molecule has 0 aromatic carbocycles. The molecule has 1 aliphatic carbocycles. The van der Waals surface area contributed by atoms with E-state index in [0.29, 0.717) is 12.0 Å². The zero-order valence-corrected chi connectivity index (χ0v) is 9.61. The molecule has 4 N–H and O–H groups in total. The van der Waals surface area contributed by atoms with Crippen molar-refractivity contribution in [3.8, 4) is 0 Å². The predicted molar refractivity (Wildman–Crippen MR) is 64.9 cm³/mol. The second kappa shape index (κ2) is 5.12. The Morgan fingerprint density at radius 3 is 2.88 bits per heavy atom. The molecule has 1 aliphatic rings. The highest BCUT2D eigenvalue weighted by atomic mass is 15.3. The first-order chi connectivity index (χ1) is 7.79. The highest BCUT2D eigenvalue weighted by molar-refractivity contribution is 5.39. The molecule has 1 aromatic rings. The summed E-state index contributed by atoms with van der Waals surface area (Å²) in [5.74, 6) is 7.32. The fourth-order valence-electron chi connectivity index (χ4n) is 2.32. The SMILES string of the molecule is CC(Nc1ccnc(NN)n1)C1CCCC1. The van der Waals surface area contributed by atoms with E-state index in [1.807, 2.05) is 6.07 Å². The van der Waals surface area contributed by atoms with Gasteiger partial charge in [0.1, 0.15) is 5.82 Å². The molecular weight excluding hydrogens is 202 g/mol. The quantitative estimate of drug-likeness (QED) is 0.533. The van der Waals surface area contributed by atoms with Gasteiger partial charge in [0.15, 0.2) is 0 Å². The van der Waals surface area contributed by atoms with Crippen molar-refractivity contribution in [2.24, 2.45) is 11.8 Å². The van der Waals surface area contributed by atoms with Crippen LogP contribution in [-0.2, 0) is 0 Å². The molecule has 0 radical (unpaired) electrons. The van der Waals surface area contributed by atoms with Crippen molar-refractivity contribution in [2.75, 3.05) is 10.7 Å². The number of hydrogen-bond donors (Lipinski definition) is 3. The molecule has 1 fully saturated rings. The summed E-state index contributed by atoms with van der Waals surface area (Å²) in [5, 5.41) is 3.41. The summed E-state index contributed by atoms with van der Waals surface area (Å²) in [6.45, 7) is 2.22. The van der Waals surface area contributed by atoms with Gasteiger partial charge in [-0.2, -0.15) is 4.98 Å². The maximum atomic E-state index is 5.27. The van der Waals surface area contributed by atoms with Crippen LogP contribution in [-0.4, -0.2) is 16.0 Å². The van der Waals surface area contributed by atoms with E-state index in [9.17, 15) is 0 Å². The van der Waals surface area contributed by atoms with Crippen LogP contribution in [0.1, 0.15) is 32.6 Å². The average Bonchev–Trinajstić information content (AvgIpc) is 2.83. The van der Waals surface area contributed by atoms with Gasteiger partial charge in [-0.25, -0.2) is 10.8 Å². The summed E-state index contributed by atoms with van der Waals surface area (Å²) in [5.41, 5.74) is 2.45. The van der Waals surface area contributed by atoms with Gasteiger partial charge in [-0.1, -0.05) is 12.8 Å². The summed E-state index contributed by atoms with van der Waals surface area (Å²) in [7, 11) is 0. The molecule has 1 atom stereocenters. The smallest absolute Gasteiger partial charge is 0.239 e. The Morgan fingerprint density at radius 2 is 2.19 bits per heavy atom. The van der Waals surface area contributed by atoms with Gasteiger partial charge >= 0.3 is 0 Å². The number of nitrogens with one attached hydrogen (secondary N) is 2. The fraction of sp³-hybridized carbons (Fsp3) is 0.636. The molecule has 5 heteroatoms. The van der Waals surface area contributed by atoms with E-state index in [1.165, 1.54) is 25.7 Å². The first kappa shape index (κ1) is 11.1. The number of rotatable bonds is 4. The van der Waals surface area contributed by atoms with Gasteiger partial charge in [-0.3, -0.25) is 5.43 Å². The van der Waals surface area contributed by atoms with E-state index in [2.05, 4.69) is 27.6 Å². The number of hydrogen-bond acceptors (Lipinski definition) is 5. The van der Waals surface area contributed by atoms with Crippen LogP contribution in [0.2, 0.25) is 0 Å². The Bertz CT molecular complexity index is 335. The Kier molecular flexibility index (Phi) is 3.56. The lowest BCUT2D eigenvalue weighted by Crippen LogP contribution is -2.24. The third-order valence-electron chi connectivity index (χ3n) is 3.27. The standard InChI is InChI=1S/C11H19N5/c1-8(9-4-2-3-5-9)14-10-6-7-13-11(15-10)16-12/h6-9H,2-5,12H2,1H3,(H2,13,14,15,16). The molecule has 0 aliphatic heterocycles. The first-order valence-corrected chi connectivity index (χ1v) is 5.86. The van der Waals surface area contributed by atoms with Crippen LogP contribution >= 0.6 is 0 Å². The summed E-state index contributed by atoms with van der Waals surface area (Å²) >= 11 is 0. The van der Waals surface area contributed by atoms with Crippen LogP contribution in [0.3, 0.4) is 0 Å². The first-order valence-electron chi connectivity index (χ1n) is 5.86. The Balaban J connectivity index is 1.96. The largest absolute Gasteiger partial charge is 0.367 e. The molecule has 0 spiro atoms. The van der Waals surface area contributed by atoms with Gasteiger partial charge in [0.05, 0.1) is 0 Å². The molecule has 0 bridgehead atoms. The minimum atomic E-state index is 0.448. The van der Waals surface area contributed by atoms with E-state index >= 15 is 0 Å². The molecule has 1 saturated carbocycles. The monoisotopic (exact) mass is 221 g/mol. The van der Waals surface area contributed by atoms with Gasteiger partial charge < -0.3 is 5.32 Å². The van der Waals surface area contributed by atoms with Crippen molar-refractivity contribution in [2.45, 2.75) is 38.6 Å². The van der Waals surface area contributed by atoms with Gasteiger partial charge in [-0.15, -0.1) is 0 Å². The number of nitrogen functional groups attached to an aromatic ring is 1. The van der Waals surface area contributed by atoms with Crippen LogP contribution in [0.25, 0.3) is 0 Å². The topological polar surface area (TPSA) is 75.9 Å². The summed E-state index contributed by atoms with van der Waals surface area (Å²) in [6.07, 6.45) is 7.06. The molecule has 88 valence electrons. The molecule has 0 amide bonds. The number of aromatic nitrogens is 2. The predicted octanol–water partition coefficient (Wildman–Crippen LogP) is 1.75. The second-order valence-electron chi connectivity index (χ2n) is 4.39. The number of nitrogens with zero attached hydrogens (tertiary/aromatic N) is 2. The fourth-order valence-corrected chi connectivity index (χ4v) is 2.32. The van der Waals surface area contributed by atoms with Crippen molar-refractivity contribution in [3.05, 3.63) is 12.3 Å². The van der Waals surface area contributed by atoms with E-state index in [4.69, 9.17) is 5.84 Å². The van der Waals surface area contributed by atoms with E-state index < -0.39 is 0 Å². The maximum absolute atomic E-state index is 5.27. The third-order valence-corrected chi connectivity index (χ3v) is 3.27. The molecule has 2 rings (SSSR count). The van der Waals surface area contributed by atoms with Gasteiger partial charge in [-0.05, 0) is 31.7 Å². The van der Waals surface area contributed by atoms with Gasteiger partial charge in [0, 0.05) is 12.2 Å². The summed E-state index contributed by atoms with van der Waals surface area (Å²) in [4.78, 5) is 8.22. The van der Waals surface area contributed by atoms with Gasteiger partial charge in [0.2, 0.25) is 5.95 Å². The van der Waals surface area contributed by atoms with Crippen LogP contribution in [0.4, 0.5) is 11.8 Å². The lowest BCUT2D eigenvalue weighted by Gasteiger charge is -2.20. The Labute approximate surface area is 95.8 Å². The van der Waals surface area contributed by atoms with Crippen molar-refractivity contribution in [1.82, 2.24) is 9.97 Å².